The van der Waals surface area contributed by atoms with Crippen molar-refractivity contribution < 1.29 is 33.7 Å². The van der Waals surface area contributed by atoms with Crippen molar-refractivity contribution >= 4 is 39.7 Å². The van der Waals surface area contributed by atoms with Crippen LogP contribution in [0.1, 0.15) is 78.6 Å². The van der Waals surface area contributed by atoms with E-state index in [1.165, 1.54) is 11.8 Å². The summed E-state index contributed by atoms with van der Waals surface area (Å²) in [5, 5.41) is 11.8. The van der Waals surface area contributed by atoms with Crippen LogP contribution in [-0.2, 0) is 16.0 Å². The third-order valence-corrected chi connectivity index (χ3v) is 8.52. The minimum atomic E-state index is -1.03. The molecule has 2 aromatic carbocycles. The molecule has 1 amide bonds. The van der Waals surface area contributed by atoms with E-state index >= 15 is 0 Å². The van der Waals surface area contributed by atoms with Gasteiger partial charge >= 0.3 is 5.91 Å². The highest BCUT2D eigenvalue weighted by atomic mass is 32.1. The van der Waals surface area contributed by atoms with Gasteiger partial charge in [-0.1, -0.05) is 30.7 Å². The Morgan fingerprint density at radius 3 is 2.62 bits per heavy atom. The van der Waals surface area contributed by atoms with Crippen molar-refractivity contribution in [3.8, 4) is 17.2 Å². The van der Waals surface area contributed by atoms with Crippen LogP contribution in [0, 0.1) is 6.92 Å². The molecule has 3 heterocycles. The van der Waals surface area contributed by atoms with Gasteiger partial charge in [-0.2, -0.15) is 0 Å². The smallest absolute Gasteiger partial charge is 0.301 e. The molecule has 3 aromatic rings. The number of carbonyl (C=O) groups excluding carboxylic acids is 3. The van der Waals surface area contributed by atoms with Gasteiger partial charge in [0.2, 0.25) is 0 Å². The number of Topliss-reactive ketones (excluding diaryl/α,β-unsaturated/α-hetero) is 2. The van der Waals surface area contributed by atoms with Gasteiger partial charge in [0.05, 0.1) is 35.4 Å². The molecule has 0 aliphatic carbocycles. The molecule has 2 aliphatic rings. The maximum absolute atomic E-state index is 13.7. The van der Waals surface area contributed by atoms with Crippen LogP contribution in [0.5, 0.6) is 17.2 Å². The number of hydrogen-bond acceptors (Lipinski definition) is 9. The molecule has 2 unspecified atom stereocenters. The summed E-state index contributed by atoms with van der Waals surface area (Å²) in [6.45, 7) is 9.89. The second-order valence-electron chi connectivity index (χ2n) is 10.4. The predicted molar refractivity (Wildman–Crippen MR) is 160 cm³/mol. The van der Waals surface area contributed by atoms with E-state index in [-0.39, 0.29) is 28.4 Å². The first-order chi connectivity index (χ1) is 20.1. The molecule has 2 aliphatic heterocycles. The number of aliphatic hydroxyl groups excluding tert-OH is 1. The van der Waals surface area contributed by atoms with Gasteiger partial charge in [0.15, 0.2) is 22.4 Å². The molecular weight excluding hydrogens is 556 g/mol. The Morgan fingerprint density at radius 2 is 1.93 bits per heavy atom. The molecule has 0 radical (unpaired) electrons. The van der Waals surface area contributed by atoms with E-state index in [1.54, 1.807) is 43.3 Å². The Hall–Kier alpha value is -4.18. The van der Waals surface area contributed by atoms with Crippen LogP contribution in [0.2, 0.25) is 0 Å². The molecule has 1 N–H and O–H groups in total. The molecule has 0 spiro atoms. The lowest BCUT2D eigenvalue weighted by atomic mass is 9.94. The van der Waals surface area contributed by atoms with E-state index in [0.29, 0.717) is 52.8 Å². The maximum Gasteiger partial charge on any atom is 0.301 e. The predicted octanol–water partition coefficient (Wildman–Crippen LogP) is 6.18. The fourth-order valence-corrected chi connectivity index (χ4v) is 6.28. The number of anilines is 1. The third-order valence-electron chi connectivity index (χ3n) is 7.26. The minimum absolute atomic E-state index is 0.00152. The van der Waals surface area contributed by atoms with Crippen LogP contribution < -0.4 is 19.1 Å². The van der Waals surface area contributed by atoms with Crippen molar-refractivity contribution in [2.45, 2.75) is 66.0 Å². The summed E-state index contributed by atoms with van der Waals surface area (Å²) >= 11 is 1.04. The Labute approximate surface area is 248 Å². The number of aryl methyl sites for hydroxylation is 1. The van der Waals surface area contributed by atoms with Gasteiger partial charge in [0.1, 0.15) is 17.6 Å². The van der Waals surface area contributed by atoms with Crippen LogP contribution >= 0.6 is 11.3 Å². The normalized spacial score (nSPS) is 19.1. The molecule has 0 bridgehead atoms. The van der Waals surface area contributed by atoms with E-state index in [0.717, 1.165) is 35.5 Å². The second-order valence-corrected chi connectivity index (χ2v) is 11.4. The Kier molecular flexibility index (Phi) is 8.36. The summed E-state index contributed by atoms with van der Waals surface area (Å²) in [6, 6.07) is 9.43. The summed E-state index contributed by atoms with van der Waals surface area (Å²) in [5.41, 5.74) is 2.22. The standard InChI is InChI=1S/C32H34N2O7S/c1-6-8-13-40-24-12-9-20(16-25(24)39-7-2)27-26(28(36)21-10-11-23-22(15-21)14-17(3)41-23)29(37)31(38)34(27)32-33-18(4)30(42-32)19(5)35/h9-12,15-17,27,36H,6-8,13-14H2,1-5H3. The Balaban J connectivity index is 1.68. The lowest BCUT2D eigenvalue weighted by Gasteiger charge is -2.24. The molecule has 9 nitrogen and oxygen atoms in total. The van der Waals surface area contributed by atoms with Crippen LogP contribution in [0.3, 0.4) is 0 Å². The molecular formula is C32H34N2O7S. The van der Waals surface area contributed by atoms with Crippen molar-refractivity contribution in [2.75, 3.05) is 18.1 Å². The molecule has 10 heteroatoms. The summed E-state index contributed by atoms with van der Waals surface area (Å²) < 4.78 is 17.6. The molecule has 0 saturated carbocycles. The number of benzene rings is 2. The number of aromatic nitrogens is 1. The number of thiazole rings is 1. The van der Waals surface area contributed by atoms with E-state index in [9.17, 15) is 19.5 Å². The average molecular weight is 591 g/mol. The first-order valence-electron chi connectivity index (χ1n) is 14.1. The number of ether oxygens (including phenoxy) is 3. The van der Waals surface area contributed by atoms with Crippen molar-refractivity contribution in [3.05, 3.63) is 69.2 Å². The van der Waals surface area contributed by atoms with Crippen LogP contribution in [0.25, 0.3) is 5.76 Å². The molecule has 1 fully saturated rings. The van der Waals surface area contributed by atoms with Crippen LogP contribution in [0.15, 0.2) is 42.0 Å². The molecule has 5 rings (SSSR count). The van der Waals surface area contributed by atoms with Gasteiger partial charge in [-0.05, 0) is 68.7 Å². The zero-order valence-electron chi connectivity index (χ0n) is 24.4. The van der Waals surface area contributed by atoms with Crippen molar-refractivity contribution in [1.82, 2.24) is 4.98 Å². The van der Waals surface area contributed by atoms with E-state index in [1.807, 2.05) is 13.8 Å². The molecule has 42 heavy (non-hydrogen) atoms. The van der Waals surface area contributed by atoms with Gasteiger partial charge in [-0.15, -0.1) is 0 Å². The summed E-state index contributed by atoms with van der Waals surface area (Å²) in [4.78, 5) is 45.7. The number of nitrogens with zero attached hydrogens (tertiary/aromatic N) is 2. The largest absolute Gasteiger partial charge is 0.507 e. The summed E-state index contributed by atoms with van der Waals surface area (Å²) in [7, 11) is 0. The highest BCUT2D eigenvalue weighted by Crippen LogP contribution is 2.46. The first kappa shape index (κ1) is 29.3. The fourth-order valence-electron chi connectivity index (χ4n) is 5.29. The van der Waals surface area contributed by atoms with Crippen molar-refractivity contribution in [2.24, 2.45) is 0 Å². The van der Waals surface area contributed by atoms with E-state index in [2.05, 4.69) is 11.9 Å². The van der Waals surface area contributed by atoms with Crippen LogP contribution in [0.4, 0.5) is 5.13 Å². The molecule has 220 valence electrons. The fraction of sp³-hybridized carbons (Fsp3) is 0.375. The number of ketones is 2. The average Bonchev–Trinajstić information content (AvgIpc) is 3.61. The number of rotatable bonds is 10. The van der Waals surface area contributed by atoms with Gasteiger partial charge in [0, 0.05) is 18.9 Å². The molecule has 1 saturated heterocycles. The number of amides is 1. The molecule has 1 aromatic heterocycles. The zero-order chi connectivity index (χ0) is 30.1. The summed E-state index contributed by atoms with van der Waals surface area (Å²) in [6.07, 6.45) is 2.51. The van der Waals surface area contributed by atoms with E-state index in [4.69, 9.17) is 14.2 Å². The topological polar surface area (TPSA) is 115 Å². The van der Waals surface area contributed by atoms with Crippen molar-refractivity contribution in [3.63, 3.8) is 0 Å². The van der Waals surface area contributed by atoms with E-state index < -0.39 is 17.7 Å². The molecule has 2 atom stereocenters. The number of aliphatic hydroxyl groups is 1. The highest BCUT2D eigenvalue weighted by Gasteiger charge is 2.48. The van der Waals surface area contributed by atoms with Gasteiger partial charge < -0.3 is 19.3 Å². The number of hydrogen-bond donors (Lipinski definition) is 1. The second kappa shape index (κ2) is 12.0. The third kappa shape index (κ3) is 5.38. The monoisotopic (exact) mass is 590 g/mol. The highest BCUT2D eigenvalue weighted by molar-refractivity contribution is 7.18. The SMILES string of the molecule is CCCCOc1ccc(C2C(=C(O)c3ccc4c(c3)CC(C)O4)C(=O)C(=O)N2c2nc(C)c(C(C)=O)s2)cc1OCC. The van der Waals surface area contributed by atoms with Crippen LogP contribution in [-0.4, -0.2) is 46.9 Å². The number of unbranched alkanes of at least 4 members (excludes halogenated alkanes) is 1. The number of carbonyl (C=O) groups is 3. The van der Waals surface area contributed by atoms with Gasteiger partial charge in [-0.25, -0.2) is 4.98 Å². The number of fused-ring (bicyclic) bond motifs is 1. The van der Waals surface area contributed by atoms with Crippen molar-refractivity contribution in [1.29, 1.82) is 0 Å². The minimum Gasteiger partial charge on any atom is -0.507 e. The lowest BCUT2D eigenvalue weighted by molar-refractivity contribution is -0.132. The quantitative estimate of drug-likeness (QED) is 0.0979. The first-order valence-corrected chi connectivity index (χ1v) is 14.9. The van der Waals surface area contributed by atoms with Gasteiger partial charge in [-0.3, -0.25) is 19.3 Å². The van der Waals surface area contributed by atoms with Gasteiger partial charge in [0.25, 0.3) is 5.78 Å². The Bertz CT molecular complexity index is 1590. The maximum atomic E-state index is 13.7. The zero-order valence-corrected chi connectivity index (χ0v) is 25.2. The lowest BCUT2D eigenvalue weighted by Crippen LogP contribution is -2.29. The summed E-state index contributed by atoms with van der Waals surface area (Å²) in [5.74, 6) is -0.449. The Morgan fingerprint density at radius 1 is 1.14 bits per heavy atom.